The lowest BCUT2D eigenvalue weighted by molar-refractivity contribution is -0.137. The number of para-hydroxylation sites is 1. The third kappa shape index (κ3) is 5.85. The van der Waals surface area contributed by atoms with Gasteiger partial charge >= 0.3 is 6.18 Å². The Hall–Kier alpha value is -4.06. The summed E-state index contributed by atoms with van der Waals surface area (Å²) < 4.78 is 61.5. The molecule has 0 fully saturated rings. The number of rotatable bonds is 6. The van der Waals surface area contributed by atoms with Crippen LogP contribution in [0.3, 0.4) is 0 Å². The van der Waals surface area contributed by atoms with Crippen LogP contribution in [0.1, 0.15) is 16.7 Å². The van der Waals surface area contributed by atoms with E-state index in [0.29, 0.717) is 22.4 Å². The van der Waals surface area contributed by atoms with Crippen LogP contribution in [-0.2, 0) is 12.8 Å². The molecule has 1 heterocycles. The largest absolute Gasteiger partial charge is 0.488 e. The minimum Gasteiger partial charge on any atom is -0.488 e. The number of halogens is 5. The highest BCUT2D eigenvalue weighted by atomic mass is 127. The van der Waals surface area contributed by atoms with Gasteiger partial charge in [0.25, 0.3) is 5.56 Å². The van der Waals surface area contributed by atoms with Crippen LogP contribution in [-0.4, -0.2) is 15.9 Å². The van der Waals surface area contributed by atoms with E-state index in [9.17, 15) is 22.4 Å². The zero-order valence-corrected chi connectivity index (χ0v) is 22.2. The van der Waals surface area contributed by atoms with E-state index < -0.39 is 17.3 Å². The summed E-state index contributed by atoms with van der Waals surface area (Å²) in [4.78, 5) is 17.8. The summed E-state index contributed by atoms with van der Waals surface area (Å²) in [6.45, 7) is 0.0502. The van der Waals surface area contributed by atoms with Crippen molar-refractivity contribution in [2.45, 2.75) is 12.8 Å². The Labute approximate surface area is 233 Å². The molecule has 5 rings (SSSR count). The molecule has 0 saturated heterocycles. The van der Waals surface area contributed by atoms with Crippen molar-refractivity contribution in [1.29, 1.82) is 0 Å². The van der Waals surface area contributed by atoms with Crippen molar-refractivity contribution in [2.75, 3.05) is 0 Å². The third-order valence-electron chi connectivity index (χ3n) is 5.82. The molecule has 0 unspecified atom stereocenters. The zero-order valence-electron chi connectivity index (χ0n) is 20.0. The normalized spacial score (nSPS) is 11.8. The van der Waals surface area contributed by atoms with Crippen molar-refractivity contribution in [1.82, 2.24) is 9.66 Å². The molecule has 4 aromatic carbocycles. The number of nitrogens with zero attached hydrogens (tertiary/aromatic N) is 3. The number of hydrogen-bond acceptors (Lipinski definition) is 4. The second-order valence-electron chi connectivity index (χ2n) is 8.46. The number of hydrogen-bond donors (Lipinski definition) is 0. The fourth-order valence-electron chi connectivity index (χ4n) is 3.86. The fourth-order valence-corrected chi connectivity index (χ4v) is 4.56. The van der Waals surface area contributed by atoms with Crippen molar-refractivity contribution in [3.8, 4) is 17.1 Å². The van der Waals surface area contributed by atoms with Gasteiger partial charge in [-0.1, -0.05) is 42.5 Å². The Bertz CT molecular complexity index is 1770. The van der Waals surface area contributed by atoms with Gasteiger partial charge in [0.05, 0.1) is 26.3 Å². The lowest BCUT2D eigenvalue weighted by Crippen LogP contribution is -2.20. The van der Waals surface area contributed by atoms with Crippen LogP contribution in [0.5, 0.6) is 5.75 Å². The van der Waals surface area contributed by atoms with Crippen LogP contribution in [0.25, 0.3) is 22.3 Å². The maximum Gasteiger partial charge on any atom is 0.416 e. The molecule has 0 amide bonds. The molecule has 196 valence electrons. The van der Waals surface area contributed by atoms with E-state index in [0.717, 1.165) is 20.4 Å². The van der Waals surface area contributed by atoms with Crippen molar-refractivity contribution < 1.29 is 22.3 Å². The number of alkyl halides is 3. The quantitative estimate of drug-likeness (QED) is 0.111. The van der Waals surface area contributed by atoms with E-state index in [1.807, 2.05) is 0 Å². The van der Waals surface area contributed by atoms with Crippen LogP contribution in [0.15, 0.2) is 101 Å². The minimum atomic E-state index is -4.56. The molecule has 5 nitrogen and oxygen atoms in total. The highest BCUT2D eigenvalue weighted by Crippen LogP contribution is 2.32. The van der Waals surface area contributed by atoms with E-state index in [1.165, 1.54) is 24.4 Å². The Balaban J connectivity index is 1.50. The van der Waals surface area contributed by atoms with Gasteiger partial charge in [-0.15, -0.1) is 0 Å². The average molecular weight is 643 g/mol. The molecule has 0 N–H and O–H groups in total. The summed E-state index contributed by atoms with van der Waals surface area (Å²) in [6, 6.07) is 22.6. The first-order valence-electron chi connectivity index (χ1n) is 11.6. The maximum atomic E-state index is 13.9. The van der Waals surface area contributed by atoms with Crippen LogP contribution >= 0.6 is 22.6 Å². The van der Waals surface area contributed by atoms with Gasteiger partial charge in [-0.25, -0.2) is 9.37 Å². The molecule has 0 spiro atoms. The van der Waals surface area contributed by atoms with Crippen molar-refractivity contribution in [3.05, 3.63) is 127 Å². The van der Waals surface area contributed by atoms with Crippen LogP contribution in [0.2, 0.25) is 0 Å². The van der Waals surface area contributed by atoms with Crippen LogP contribution in [0.4, 0.5) is 17.6 Å². The average Bonchev–Trinajstić information content (AvgIpc) is 2.92. The van der Waals surface area contributed by atoms with Gasteiger partial charge in [0, 0.05) is 11.1 Å². The van der Waals surface area contributed by atoms with Crippen molar-refractivity contribution in [3.63, 3.8) is 0 Å². The van der Waals surface area contributed by atoms with E-state index >= 15 is 0 Å². The molecule has 0 aliphatic rings. The number of aromatic nitrogens is 2. The van der Waals surface area contributed by atoms with Gasteiger partial charge in [0.15, 0.2) is 5.82 Å². The summed E-state index contributed by atoms with van der Waals surface area (Å²) in [6.07, 6.45) is -3.15. The maximum absolute atomic E-state index is 13.9. The monoisotopic (exact) mass is 643 g/mol. The number of benzene rings is 4. The molecule has 39 heavy (non-hydrogen) atoms. The molecule has 0 aliphatic carbocycles. The molecule has 10 heteroatoms. The van der Waals surface area contributed by atoms with Gasteiger partial charge in [0.1, 0.15) is 18.2 Å². The van der Waals surface area contributed by atoms with Crippen molar-refractivity contribution in [2.24, 2.45) is 5.10 Å². The van der Waals surface area contributed by atoms with Gasteiger partial charge in [0.2, 0.25) is 0 Å². The van der Waals surface area contributed by atoms with Gasteiger partial charge < -0.3 is 4.74 Å². The first-order valence-corrected chi connectivity index (χ1v) is 12.7. The summed E-state index contributed by atoms with van der Waals surface area (Å²) in [5, 5.41) is 4.59. The molecular formula is C29H18F4IN3O2. The summed E-state index contributed by atoms with van der Waals surface area (Å²) in [5.41, 5.74) is 0.0720. The lowest BCUT2D eigenvalue weighted by Gasteiger charge is -2.12. The molecular weight excluding hydrogens is 625 g/mol. The van der Waals surface area contributed by atoms with Crippen molar-refractivity contribution >= 4 is 39.7 Å². The first-order chi connectivity index (χ1) is 18.7. The minimum absolute atomic E-state index is 0.0272. The lowest BCUT2D eigenvalue weighted by atomic mass is 10.1. The zero-order chi connectivity index (χ0) is 27.6. The Morgan fingerprint density at radius 1 is 0.949 bits per heavy atom. The molecule has 0 aliphatic heterocycles. The topological polar surface area (TPSA) is 56.5 Å². The van der Waals surface area contributed by atoms with Gasteiger partial charge in [-0.3, -0.25) is 4.79 Å². The number of fused-ring (bicyclic) bond motifs is 1. The highest BCUT2D eigenvalue weighted by molar-refractivity contribution is 14.1. The standard InChI is InChI=1S/C29H18F4IN3O2/c30-23-10-3-1-6-20(23)17-39-26-13-12-18(14-24(26)34)16-35-37-27(19-7-5-8-21(15-19)29(31,32)33)36-25-11-4-2-9-22(25)28(37)38/h1-16H,17H2. The predicted octanol–water partition coefficient (Wildman–Crippen LogP) is 7.29. The van der Waals surface area contributed by atoms with E-state index in [-0.39, 0.29) is 29.2 Å². The fraction of sp³-hybridized carbons (Fsp3) is 0.0690. The summed E-state index contributed by atoms with van der Waals surface area (Å²) >= 11 is 2.07. The van der Waals surface area contributed by atoms with Gasteiger partial charge in [-0.05, 0) is 76.7 Å². The van der Waals surface area contributed by atoms with Crippen LogP contribution < -0.4 is 10.3 Å². The highest BCUT2D eigenvalue weighted by Gasteiger charge is 2.31. The summed E-state index contributed by atoms with van der Waals surface area (Å²) in [7, 11) is 0. The van der Waals surface area contributed by atoms with E-state index in [1.54, 1.807) is 60.7 Å². The van der Waals surface area contributed by atoms with Gasteiger partial charge in [-0.2, -0.15) is 22.9 Å². The Kier molecular flexibility index (Phi) is 7.47. The number of ether oxygens (including phenoxy) is 1. The summed E-state index contributed by atoms with van der Waals surface area (Å²) in [5.74, 6) is 0.146. The van der Waals surface area contributed by atoms with E-state index in [2.05, 4.69) is 32.7 Å². The second kappa shape index (κ2) is 11.0. The molecule has 0 bridgehead atoms. The smallest absolute Gasteiger partial charge is 0.416 e. The third-order valence-corrected chi connectivity index (χ3v) is 6.66. The molecule has 0 saturated carbocycles. The second-order valence-corrected chi connectivity index (χ2v) is 9.62. The SMILES string of the molecule is O=c1c2ccccc2nc(-c2cccc(C(F)(F)F)c2)n1N=Cc1ccc(OCc2ccccc2F)c(I)c1. The van der Waals surface area contributed by atoms with Crippen LogP contribution in [0, 0.1) is 9.39 Å². The molecule has 0 radical (unpaired) electrons. The first kappa shape index (κ1) is 26.5. The molecule has 0 atom stereocenters. The molecule has 1 aromatic heterocycles. The Morgan fingerprint density at radius 3 is 2.49 bits per heavy atom. The predicted molar refractivity (Wildman–Crippen MR) is 149 cm³/mol. The molecule has 5 aromatic rings. The van der Waals surface area contributed by atoms with E-state index in [4.69, 9.17) is 4.74 Å². The Morgan fingerprint density at radius 2 is 1.72 bits per heavy atom.